The molecule has 0 aliphatic carbocycles. The van der Waals surface area contributed by atoms with Crippen LogP contribution in [0.1, 0.15) is 440 Å². The maximum absolute atomic E-state index is 13.1. The van der Waals surface area contributed by atoms with E-state index in [1.54, 1.807) is 0 Å². The van der Waals surface area contributed by atoms with Gasteiger partial charge >= 0.3 is 39.5 Å². The minimum absolute atomic E-state index is 0.108. The zero-order valence-corrected chi connectivity index (χ0v) is 68.7. The van der Waals surface area contributed by atoms with Crippen LogP contribution in [0.15, 0.2) is 0 Å². The van der Waals surface area contributed by atoms with Crippen LogP contribution in [0, 0.1) is 11.8 Å². The molecular weight excluding hydrogens is 1330 g/mol. The SMILES string of the molecule is CCCCCCCCCCCCCCC(=O)OC[C@H](COP(=O)(O)OC[C@H](O)COP(=O)(O)OC[C@@H](COC(=O)CCCCCCCCCCCCCCCCCCC(C)C)OC(=O)CCCCCCCCCCCCCCCCCCC(C)C)OC(=O)CCCCCCCCCCCCCC. The second kappa shape index (κ2) is 74.5. The highest BCUT2D eigenvalue weighted by atomic mass is 31.2. The Kier molecular flexibility index (Phi) is 73.1. The van der Waals surface area contributed by atoms with Crippen molar-refractivity contribution in [3.05, 3.63) is 0 Å². The number of carbonyl (C=O) groups is 4. The number of aliphatic hydroxyl groups is 1. The summed E-state index contributed by atoms with van der Waals surface area (Å²) in [6.07, 6.45) is 65.1. The van der Waals surface area contributed by atoms with Crippen molar-refractivity contribution in [1.29, 1.82) is 0 Å². The highest BCUT2D eigenvalue weighted by Crippen LogP contribution is 2.45. The number of rotatable bonds is 82. The van der Waals surface area contributed by atoms with Gasteiger partial charge in [-0.05, 0) is 37.5 Å². The fourth-order valence-electron chi connectivity index (χ4n) is 12.9. The van der Waals surface area contributed by atoms with E-state index in [4.69, 9.17) is 37.0 Å². The van der Waals surface area contributed by atoms with E-state index in [-0.39, 0.29) is 25.7 Å². The summed E-state index contributed by atoms with van der Waals surface area (Å²) in [5.41, 5.74) is 0. The molecule has 19 heteroatoms. The maximum Gasteiger partial charge on any atom is 0.472 e. The third-order valence-corrected chi connectivity index (χ3v) is 21.4. The Labute approximate surface area is 626 Å². The summed E-state index contributed by atoms with van der Waals surface area (Å²) in [4.78, 5) is 73.1. The van der Waals surface area contributed by atoms with E-state index in [9.17, 15) is 43.2 Å². The lowest BCUT2D eigenvalue weighted by molar-refractivity contribution is -0.161. The topological polar surface area (TPSA) is 237 Å². The molecule has 0 fully saturated rings. The van der Waals surface area contributed by atoms with E-state index in [1.807, 2.05) is 0 Å². The molecular formula is C83H162O17P2. The molecule has 0 amide bonds. The lowest BCUT2D eigenvalue weighted by Crippen LogP contribution is -2.30. The highest BCUT2D eigenvalue weighted by Gasteiger charge is 2.30. The van der Waals surface area contributed by atoms with Crippen molar-refractivity contribution in [3.8, 4) is 0 Å². The average Bonchev–Trinajstić information content (AvgIpc) is 0.916. The first-order valence-corrected chi connectivity index (χ1v) is 46.0. The highest BCUT2D eigenvalue weighted by molar-refractivity contribution is 7.47. The zero-order valence-electron chi connectivity index (χ0n) is 66.9. The van der Waals surface area contributed by atoms with E-state index in [2.05, 4.69) is 41.5 Å². The first-order valence-electron chi connectivity index (χ1n) is 43.0. The van der Waals surface area contributed by atoms with Crippen molar-refractivity contribution in [2.24, 2.45) is 11.8 Å². The van der Waals surface area contributed by atoms with Gasteiger partial charge in [0.25, 0.3) is 0 Å². The summed E-state index contributed by atoms with van der Waals surface area (Å²) in [5.74, 6) is -0.482. The van der Waals surface area contributed by atoms with Crippen molar-refractivity contribution in [3.63, 3.8) is 0 Å². The number of phosphoric acid groups is 2. The lowest BCUT2D eigenvalue weighted by Gasteiger charge is -2.21. The number of unbranched alkanes of at least 4 members (excludes halogenated alkanes) is 52. The number of hydrogen-bond acceptors (Lipinski definition) is 15. The Hall–Kier alpha value is -1.94. The van der Waals surface area contributed by atoms with Crippen LogP contribution in [0.3, 0.4) is 0 Å². The monoisotopic (exact) mass is 1490 g/mol. The van der Waals surface area contributed by atoms with Crippen LogP contribution in [0.2, 0.25) is 0 Å². The van der Waals surface area contributed by atoms with Crippen LogP contribution < -0.4 is 0 Å². The van der Waals surface area contributed by atoms with Gasteiger partial charge in [-0.15, -0.1) is 0 Å². The molecule has 0 heterocycles. The Morgan fingerprint density at radius 3 is 0.667 bits per heavy atom. The standard InChI is InChI=1S/C83H162O17P2/c1-7-9-11-13-15-17-19-35-41-47-53-59-65-80(85)93-71-78(99-82(87)67-61-55-49-43-36-20-18-16-14-12-10-8-2)73-97-101(89,90)95-69-77(84)70-96-102(91,92)98-74-79(100-83(88)68-62-56-50-44-38-32-28-24-22-26-30-34-40-46-52-58-64-76(5)6)72-94-81(86)66-60-54-48-42-37-31-27-23-21-25-29-33-39-45-51-57-63-75(3)4/h75-79,84H,7-74H2,1-6H3,(H,89,90)(H,91,92)/t77-,78+,79+/m0/s1. The van der Waals surface area contributed by atoms with Gasteiger partial charge in [0.15, 0.2) is 12.2 Å². The largest absolute Gasteiger partial charge is 0.472 e. The van der Waals surface area contributed by atoms with E-state index < -0.39 is 97.5 Å². The van der Waals surface area contributed by atoms with Crippen molar-refractivity contribution < 1.29 is 80.2 Å². The summed E-state index contributed by atoms with van der Waals surface area (Å²) < 4.78 is 68.8. The number of carbonyl (C=O) groups excluding carboxylic acids is 4. The minimum Gasteiger partial charge on any atom is -0.462 e. The molecule has 0 aromatic carbocycles. The van der Waals surface area contributed by atoms with Crippen LogP contribution in [-0.2, 0) is 65.4 Å². The van der Waals surface area contributed by atoms with Crippen LogP contribution in [-0.4, -0.2) is 96.7 Å². The molecule has 17 nitrogen and oxygen atoms in total. The van der Waals surface area contributed by atoms with Gasteiger partial charge in [-0.1, -0.05) is 388 Å². The van der Waals surface area contributed by atoms with Gasteiger partial charge in [-0.25, -0.2) is 9.13 Å². The molecule has 0 radical (unpaired) electrons. The van der Waals surface area contributed by atoms with E-state index in [1.165, 1.54) is 257 Å². The molecule has 0 saturated carbocycles. The Bertz CT molecular complexity index is 1960. The van der Waals surface area contributed by atoms with Gasteiger partial charge in [0.2, 0.25) is 0 Å². The minimum atomic E-state index is -4.96. The normalized spacial score (nSPS) is 13.9. The van der Waals surface area contributed by atoms with Crippen LogP contribution in [0.25, 0.3) is 0 Å². The fourth-order valence-corrected chi connectivity index (χ4v) is 14.5. The van der Waals surface area contributed by atoms with E-state index in [0.717, 1.165) is 102 Å². The van der Waals surface area contributed by atoms with Crippen molar-refractivity contribution in [2.45, 2.75) is 458 Å². The zero-order chi connectivity index (χ0) is 74.9. The molecule has 2 unspecified atom stereocenters. The quantitative estimate of drug-likeness (QED) is 0.0222. The fraction of sp³-hybridized carbons (Fsp3) is 0.952. The van der Waals surface area contributed by atoms with Gasteiger partial charge in [0.1, 0.15) is 19.3 Å². The molecule has 0 aliphatic rings. The van der Waals surface area contributed by atoms with Crippen molar-refractivity contribution >= 4 is 39.5 Å². The summed E-state index contributed by atoms with van der Waals surface area (Å²) in [7, 11) is -9.92. The smallest absolute Gasteiger partial charge is 0.462 e. The number of esters is 4. The van der Waals surface area contributed by atoms with Gasteiger partial charge in [0, 0.05) is 25.7 Å². The third-order valence-electron chi connectivity index (χ3n) is 19.5. The summed E-state index contributed by atoms with van der Waals surface area (Å²) >= 11 is 0. The van der Waals surface area contributed by atoms with E-state index >= 15 is 0 Å². The van der Waals surface area contributed by atoms with E-state index in [0.29, 0.717) is 25.7 Å². The number of hydrogen-bond donors (Lipinski definition) is 3. The molecule has 0 aliphatic heterocycles. The van der Waals surface area contributed by atoms with Crippen LogP contribution in [0.5, 0.6) is 0 Å². The average molecular weight is 1490 g/mol. The molecule has 5 atom stereocenters. The number of aliphatic hydroxyl groups excluding tert-OH is 1. The first kappa shape index (κ1) is 100. The molecule has 0 rings (SSSR count). The van der Waals surface area contributed by atoms with Gasteiger partial charge in [0.05, 0.1) is 26.4 Å². The van der Waals surface area contributed by atoms with Gasteiger partial charge in [-0.2, -0.15) is 0 Å². The number of ether oxygens (including phenoxy) is 4. The summed E-state index contributed by atoms with van der Waals surface area (Å²) in [6, 6.07) is 0. The second-order valence-electron chi connectivity index (χ2n) is 30.8. The molecule has 102 heavy (non-hydrogen) atoms. The third kappa shape index (κ3) is 76.3. The van der Waals surface area contributed by atoms with Crippen molar-refractivity contribution in [1.82, 2.24) is 0 Å². The van der Waals surface area contributed by atoms with Crippen molar-refractivity contribution in [2.75, 3.05) is 39.6 Å². The molecule has 0 aromatic heterocycles. The summed E-state index contributed by atoms with van der Waals surface area (Å²) in [6.45, 7) is 9.71. The molecule has 0 saturated heterocycles. The molecule has 0 bridgehead atoms. The Morgan fingerprint density at radius 2 is 0.451 bits per heavy atom. The molecule has 3 N–H and O–H groups in total. The van der Waals surface area contributed by atoms with Crippen LogP contribution in [0.4, 0.5) is 0 Å². The first-order chi connectivity index (χ1) is 49.4. The molecule has 606 valence electrons. The summed E-state index contributed by atoms with van der Waals surface area (Å²) in [5, 5.41) is 10.7. The maximum atomic E-state index is 13.1. The predicted molar refractivity (Wildman–Crippen MR) is 418 cm³/mol. The predicted octanol–water partition coefficient (Wildman–Crippen LogP) is 25.1. The lowest BCUT2D eigenvalue weighted by atomic mass is 10.0. The molecule has 0 aromatic rings. The van der Waals surface area contributed by atoms with Gasteiger partial charge < -0.3 is 33.8 Å². The number of phosphoric ester groups is 2. The Balaban J connectivity index is 5.23. The van der Waals surface area contributed by atoms with Gasteiger partial charge in [-0.3, -0.25) is 37.3 Å². The second-order valence-corrected chi connectivity index (χ2v) is 33.7. The Morgan fingerprint density at radius 1 is 0.265 bits per heavy atom. The van der Waals surface area contributed by atoms with Crippen LogP contribution >= 0.6 is 15.6 Å². The molecule has 0 spiro atoms.